The van der Waals surface area contributed by atoms with Crippen molar-refractivity contribution in [2.45, 2.75) is 38.0 Å². The van der Waals surface area contributed by atoms with Crippen LogP contribution in [0.3, 0.4) is 0 Å². The normalized spacial score (nSPS) is 21.1. The molecule has 0 aliphatic carbocycles. The summed E-state index contributed by atoms with van der Waals surface area (Å²) in [7, 11) is 0. The number of aliphatic hydroxyl groups excluding tert-OH is 1. The Labute approximate surface area is 185 Å². The number of hydrogen-bond donors (Lipinski definition) is 2. The maximum absolute atomic E-state index is 13.5. The Kier molecular flexibility index (Phi) is 5.63. The molecule has 0 bridgehead atoms. The number of fused-ring (bicyclic) bond motifs is 1. The number of piperidine rings is 1. The molecule has 0 saturated carbocycles. The zero-order chi connectivity index (χ0) is 22.1. The number of aryl methyl sites for hydroxylation is 1. The predicted molar refractivity (Wildman–Crippen MR) is 117 cm³/mol. The van der Waals surface area contributed by atoms with E-state index in [2.05, 4.69) is 15.3 Å². The quantitative estimate of drug-likeness (QED) is 0.643. The average Bonchev–Trinajstić information content (AvgIpc) is 3.24. The molecular weight excluding hydrogens is 411 g/mol. The minimum Gasteiger partial charge on any atom is -0.488 e. The molecule has 2 aliphatic rings. The number of amides is 1. The van der Waals surface area contributed by atoms with E-state index in [1.54, 1.807) is 23.0 Å². The van der Waals surface area contributed by atoms with Crippen LogP contribution in [0.4, 0.5) is 10.1 Å². The molecule has 32 heavy (non-hydrogen) atoms. The van der Waals surface area contributed by atoms with Gasteiger partial charge in [0, 0.05) is 49.6 Å². The van der Waals surface area contributed by atoms with E-state index in [0.29, 0.717) is 37.4 Å². The average molecular weight is 436 g/mol. The molecule has 7 nitrogen and oxygen atoms in total. The van der Waals surface area contributed by atoms with E-state index < -0.39 is 6.10 Å². The molecule has 8 heteroatoms. The molecule has 2 aliphatic heterocycles. The van der Waals surface area contributed by atoms with Gasteiger partial charge in [0.2, 0.25) is 5.91 Å². The first-order chi connectivity index (χ1) is 15.5. The number of rotatable bonds is 5. The zero-order valence-corrected chi connectivity index (χ0v) is 17.6. The number of nitrogens with one attached hydrogen (secondary N) is 1. The van der Waals surface area contributed by atoms with Crippen LogP contribution in [0.5, 0.6) is 5.75 Å². The molecule has 0 radical (unpaired) electrons. The minimum absolute atomic E-state index is 0.0173. The Morgan fingerprint density at radius 3 is 2.97 bits per heavy atom. The lowest BCUT2D eigenvalue weighted by molar-refractivity contribution is -0.116. The van der Waals surface area contributed by atoms with Gasteiger partial charge in [-0.25, -0.2) is 9.07 Å². The van der Waals surface area contributed by atoms with Crippen LogP contribution >= 0.6 is 0 Å². The molecule has 2 atom stereocenters. The van der Waals surface area contributed by atoms with Crippen molar-refractivity contribution in [3.63, 3.8) is 0 Å². The third-order valence-electron chi connectivity index (χ3n) is 5.98. The van der Waals surface area contributed by atoms with Crippen molar-refractivity contribution in [3.05, 3.63) is 71.8 Å². The molecule has 2 aromatic carbocycles. The Morgan fingerprint density at radius 1 is 1.22 bits per heavy atom. The van der Waals surface area contributed by atoms with Gasteiger partial charge in [0.15, 0.2) is 0 Å². The number of anilines is 1. The number of hydrogen-bond acceptors (Lipinski definition) is 5. The summed E-state index contributed by atoms with van der Waals surface area (Å²) in [6, 6.07) is 12.0. The maximum atomic E-state index is 13.5. The minimum atomic E-state index is -0.632. The topological polar surface area (TPSA) is 79.6 Å². The van der Waals surface area contributed by atoms with Crippen LogP contribution in [0.1, 0.15) is 24.0 Å². The van der Waals surface area contributed by atoms with E-state index in [1.807, 2.05) is 24.4 Å². The molecule has 3 heterocycles. The van der Waals surface area contributed by atoms with E-state index in [4.69, 9.17) is 4.74 Å². The molecule has 3 aromatic rings. The van der Waals surface area contributed by atoms with E-state index in [1.165, 1.54) is 12.1 Å². The molecular formula is C24H25FN4O3. The van der Waals surface area contributed by atoms with Gasteiger partial charge in [-0.05, 0) is 42.7 Å². The first-order valence-electron chi connectivity index (χ1n) is 10.8. The molecule has 5 rings (SSSR count). The second-order valence-electron chi connectivity index (χ2n) is 8.39. The van der Waals surface area contributed by atoms with Crippen molar-refractivity contribution >= 4 is 11.6 Å². The number of halogens is 1. The van der Waals surface area contributed by atoms with Gasteiger partial charge < -0.3 is 15.2 Å². The van der Waals surface area contributed by atoms with Gasteiger partial charge in [-0.15, -0.1) is 0 Å². The highest BCUT2D eigenvalue weighted by Crippen LogP contribution is 2.29. The number of benzene rings is 2. The van der Waals surface area contributed by atoms with Gasteiger partial charge in [0.25, 0.3) is 0 Å². The predicted octanol–water partition coefficient (Wildman–Crippen LogP) is 2.91. The summed E-state index contributed by atoms with van der Waals surface area (Å²) in [6.07, 6.45) is 4.63. The lowest BCUT2D eigenvalue weighted by atomic mass is 10.0. The largest absolute Gasteiger partial charge is 0.488 e. The Hall–Kier alpha value is -3.23. The SMILES string of the molecule is O=C1CCc2ccc(O[C@@H]3CCN(Cc4cnn(-c5cccc(F)c5)c4)C[C@H]3O)cc2N1. The molecule has 1 saturated heterocycles. The van der Waals surface area contributed by atoms with Gasteiger partial charge in [-0.1, -0.05) is 12.1 Å². The van der Waals surface area contributed by atoms with Crippen LogP contribution in [0.15, 0.2) is 54.9 Å². The number of likely N-dealkylation sites (tertiary alicyclic amines) is 1. The summed E-state index contributed by atoms with van der Waals surface area (Å²) in [4.78, 5) is 13.8. The molecule has 2 N–H and O–H groups in total. The summed E-state index contributed by atoms with van der Waals surface area (Å²) in [5.41, 5.74) is 3.56. The molecule has 0 unspecified atom stereocenters. The number of aliphatic hydroxyl groups is 1. The second-order valence-corrected chi connectivity index (χ2v) is 8.39. The van der Waals surface area contributed by atoms with Gasteiger partial charge in [-0.2, -0.15) is 5.10 Å². The van der Waals surface area contributed by atoms with Gasteiger partial charge in [0.1, 0.15) is 23.8 Å². The van der Waals surface area contributed by atoms with Crippen molar-refractivity contribution < 1.29 is 19.0 Å². The van der Waals surface area contributed by atoms with Gasteiger partial charge >= 0.3 is 0 Å². The monoisotopic (exact) mass is 436 g/mol. The highest BCUT2D eigenvalue weighted by atomic mass is 19.1. The zero-order valence-electron chi connectivity index (χ0n) is 17.6. The van der Waals surface area contributed by atoms with Crippen LogP contribution in [-0.4, -0.2) is 51.0 Å². The number of carbonyl (C=O) groups excluding carboxylic acids is 1. The number of aromatic nitrogens is 2. The highest BCUT2D eigenvalue weighted by molar-refractivity contribution is 5.94. The number of nitrogens with zero attached hydrogens (tertiary/aromatic N) is 3. The third kappa shape index (κ3) is 4.51. The van der Waals surface area contributed by atoms with Crippen molar-refractivity contribution in [1.29, 1.82) is 0 Å². The fourth-order valence-electron chi connectivity index (χ4n) is 4.32. The van der Waals surface area contributed by atoms with Crippen molar-refractivity contribution in [2.24, 2.45) is 0 Å². The smallest absolute Gasteiger partial charge is 0.224 e. The maximum Gasteiger partial charge on any atom is 0.224 e. The van der Waals surface area contributed by atoms with E-state index in [0.717, 1.165) is 29.8 Å². The van der Waals surface area contributed by atoms with E-state index in [-0.39, 0.29) is 17.8 Å². The molecule has 1 fully saturated rings. The Balaban J connectivity index is 1.18. The summed E-state index contributed by atoms with van der Waals surface area (Å²) < 4.78 is 21.2. The molecule has 1 amide bonds. The number of β-amino-alcohol motifs (C(OH)–C–C–N with tert-alkyl or cyclic N) is 1. The van der Waals surface area contributed by atoms with Crippen molar-refractivity contribution in [1.82, 2.24) is 14.7 Å². The lowest BCUT2D eigenvalue weighted by Gasteiger charge is -2.35. The summed E-state index contributed by atoms with van der Waals surface area (Å²) >= 11 is 0. The van der Waals surface area contributed by atoms with Crippen LogP contribution in [0.2, 0.25) is 0 Å². The lowest BCUT2D eigenvalue weighted by Crippen LogP contribution is -2.48. The highest BCUT2D eigenvalue weighted by Gasteiger charge is 2.30. The first kappa shape index (κ1) is 20.7. The van der Waals surface area contributed by atoms with Gasteiger partial charge in [0.05, 0.1) is 11.9 Å². The molecule has 0 spiro atoms. The van der Waals surface area contributed by atoms with E-state index >= 15 is 0 Å². The second kappa shape index (κ2) is 8.72. The third-order valence-corrected chi connectivity index (χ3v) is 5.98. The molecule has 166 valence electrons. The number of carbonyl (C=O) groups is 1. The van der Waals surface area contributed by atoms with Crippen LogP contribution in [0.25, 0.3) is 5.69 Å². The van der Waals surface area contributed by atoms with E-state index in [9.17, 15) is 14.3 Å². The summed E-state index contributed by atoms with van der Waals surface area (Å²) in [5.74, 6) is 0.370. The standard InChI is InChI=1S/C24H25FN4O3/c25-18-2-1-3-19(10-18)29-14-16(12-26-29)13-28-9-8-23(22(30)15-28)32-20-6-4-17-5-7-24(31)27-21(17)11-20/h1-4,6,10-12,14,22-23,30H,5,7-9,13,15H2,(H,27,31)/t22-,23-/m1/s1. The van der Waals surface area contributed by atoms with Gasteiger partial charge in [-0.3, -0.25) is 9.69 Å². The fourth-order valence-corrected chi connectivity index (χ4v) is 4.32. The Bertz CT molecular complexity index is 1130. The van der Waals surface area contributed by atoms with Crippen molar-refractivity contribution in [3.8, 4) is 11.4 Å². The number of ether oxygens (including phenoxy) is 1. The van der Waals surface area contributed by atoms with Crippen LogP contribution in [0, 0.1) is 5.82 Å². The summed E-state index contributed by atoms with van der Waals surface area (Å²) in [5, 5.41) is 17.9. The Morgan fingerprint density at radius 2 is 2.12 bits per heavy atom. The molecule has 1 aromatic heterocycles. The first-order valence-corrected chi connectivity index (χ1v) is 10.8. The fraction of sp³-hybridized carbons (Fsp3) is 0.333. The summed E-state index contributed by atoms with van der Waals surface area (Å²) in [6.45, 7) is 1.90. The van der Waals surface area contributed by atoms with Crippen LogP contribution in [-0.2, 0) is 17.8 Å². The van der Waals surface area contributed by atoms with Crippen LogP contribution < -0.4 is 10.1 Å². The van der Waals surface area contributed by atoms with Crippen molar-refractivity contribution in [2.75, 3.05) is 18.4 Å².